The normalized spacial score (nSPS) is 14.0. The van der Waals surface area contributed by atoms with Gasteiger partial charge in [0.25, 0.3) is 5.91 Å². The van der Waals surface area contributed by atoms with E-state index in [1.165, 1.54) is 25.9 Å². The average molecular weight is 405 g/mol. The number of likely N-dealkylation sites (tertiary alicyclic amines) is 1. The number of amides is 1. The highest BCUT2D eigenvalue weighted by Crippen LogP contribution is 2.27. The molecule has 3 aromatic rings. The summed E-state index contributed by atoms with van der Waals surface area (Å²) in [6.07, 6.45) is 5.21. The Morgan fingerprint density at radius 2 is 1.80 bits per heavy atom. The number of rotatable bonds is 8. The lowest BCUT2D eigenvalue weighted by Crippen LogP contribution is -2.28. The van der Waals surface area contributed by atoms with Gasteiger partial charge in [-0.25, -0.2) is 4.98 Å². The molecule has 1 aliphatic rings. The molecule has 2 aromatic carbocycles. The zero-order valence-corrected chi connectivity index (χ0v) is 17.4. The van der Waals surface area contributed by atoms with Gasteiger partial charge in [0.05, 0.1) is 12.7 Å². The molecule has 2 heterocycles. The lowest BCUT2D eigenvalue weighted by atomic mass is 10.1. The van der Waals surface area contributed by atoms with Crippen molar-refractivity contribution in [1.82, 2.24) is 15.2 Å². The van der Waals surface area contributed by atoms with E-state index in [9.17, 15) is 4.79 Å². The topological polar surface area (TPSA) is 66.5 Å². The molecule has 1 saturated heterocycles. The van der Waals surface area contributed by atoms with Crippen LogP contribution in [0.15, 0.2) is 54.7 Å². The van der Waals surface area contributed by atoms with Gasteiger partial charge >= 0.3 is 0 Å². The van der Waals surface area contributed by atoms with Crippen LogP contribution in [0.4, 0.5) is 11.5 Å². The summed E-state index contributed by atoms with van der Waals surface area (Å²) in [6.45, 7) is 4.09. The predicted molar refractivity (Wildman–Crippen MR) is 121 cm³/mol. The molecule has 6 heteroatoms. The number of hydrogen-bond acceptors (Lipinski definition) is 5. The predicted octanol–water partition coefficient (Wildman–Crippen LogP) is 4.20. The fraction of sp³-hybridized carbons (Fsp3) is 0.333. The van der Waals surface area contributed by atoms with Crippen molar-refractivity contribution in [3.05, 3.63) is 60.3 Å². The molecule has 4 rings (SSSR count). The molecule has 0 bridgehead atoms. The highest BCUT2D eigenvalue weighted by molar-refractivity contribution is 6.09. The van der Waals surface area contributed by atoms with Crippen molar-refractivity contribution >= 4 is 28.2 Å². The van der Waals surface area contributed by atoms with Crippen molar-refractivity contribution in [3.8, 4) is 5.75 Å². The third kappa shape index (κ3) is 4.71. The molecule has 1 aromatic heterocycles. The fourth-order valence-corrected chi connectivity index (χ4v) is 3.89. The zero-order chi connectivity index (χ0) is 20.8. The van der Waals surface area contributed by atoms with E-state index < -0.39 is 0 Å². The van der Waals surface area contributed by atoms with E-state index in [2.05, 4.69) is 20.5 Å². The Labute approximate surface area is 177 Å². The number of nitrogens with zero attached hydrogens (tertiary/aromatic N) is 2. The molecule has 0 unspecified atom stereocenters. The number of benzene rings is 2. The summed E-state index contributed by atoms with van der Waals surface area (Å²) in [6, 6.07) is 15.5. The van der Waals surface area contributed by atoms with Crippen molar-refractivity contribution in [2.45, 2.75) is 19.3 Å². The average Bonchev–Trinajstić information content (AvgIpc) is 3.31. The Morgan fingerprint density at radius 1 is 1.07 bits per heavy atom. The summed E-state index contributed by atoms with van der Waals surface area (Å²) in [5.74, 6) is 1.45. The van der Waals surface area contributed by atoms with E-state index in [1.54, 1.807) is 13.3 Å². The van der Waals surface area contributed by atoms with Crippen LogP contribution in [-0.4, -0.2) is 49.1 Å². The minimum absolute atomic E-state index is 0.0730. The molecule has 2 N–H and O–H groups in total. The van der Waals surface area contributed by atoms with E-state index in [4.69, 9.17) is 4.74 Å². The van der Waals surface area contributed by atoms with Crippen LogP contribution in [0, 0.1) is 0 Å². The first-order valence-corrected chi connectivity index (χ1v) is 10.5. The molecular weight excluding hydrogens is 376 g/mol. The number of nitrogens with one attached hydrogen (secondary N) is 2. The van der Waals surface area contributed by atoms with E-state index in [0.29, 0.717) is 12.1 Å². The number of fused-ring (bicyclic) bond motifs is 1. The van der Waals surface area contributed by atoms with Gasteiger partial charge in [-0.2, -0.15) is 0 Å². The quantitative estimate of drug-likeness (QED) is 0.551. The number of carbonyl (C=O) groups excluding carboxylic acids is 1. The summed E-state index contributed by atoms with van der Waals surface area (Å²) in [7, 11) is 1.65. The summed E-state index contributed by atoms with van der Waals surface area (Å²) in [4.78, 5) is 19.8. The molecule has 30 heavy (non-hydrogen) atoms. The highest BCUT2D eigenvalue weighted by atomic mass is 16.5. The Bertz CT molecular complexity index is 998. The van der Waals surface area contributed by atoms with Crippen LogP contribution in [-0.2, 0) is 0 Å². The third-order valence-corrected chi connectivity index (χ3v) is 5.53. The number of ether oxygens (including phenoxy) is 1. The first kappa shape index (κ1) is 20.2. The van der Waals surface area contributed by atoms with Gasteiger partial charge in [-0.15, -0.1) is 0 Å². The van der Waals surface area contributed by atoms with Crippen molar-refractivity contribution in [1.29, 1.82) is 0 Å². The van der Waals surface area contributed by atoms with Crippen LogP contribution in [0.3, 0.4) is 0 Å². The molecule has 0 aliphatic carbocycles. The largest absolute Gasteiger partial charge is 0.497 e. The van der Waals surface area contributed by atoms with Crippen LogP contribution >= 0.6 is 0 Å². The van der Waals surface area contributed by atoms with Gasteiger partial charge in [-0.05, 0) is 68.5 Å². The van der Waals surface area contributed by atoms with Crippen LogP contribution in [0.25, 0.3) is 10.8 Å². The molecule has 1 amide bonds. The second-order valence-corrected chi connectivity index (χ2v) is 7.58. The molecule has 156 valence electrons. The maximum Gasteiger partial charge on any atom is 0.253 e. The number of anilines is 2. The van der Waals surface area contributed by atoms with Crippen LogP contribution in [0.2, 0.25) is 0 Å². The Balaban J connectivity index is 1.46. The second-order valence-electron chi connectivity index (χ2n) is 7.58. The summed E-state index contributed by atoms with van der Waals surface area (Å²) in [5, 5.41) is 8.21. The van der Waals surface area contributed by atoms with Crippen LogP contribution in [0.1, 0.15) is 29.6 Å². The van der Waals surface area contributed by atoms with E-state index in [1.807, 2.05) is 48.5 Å². The van der Waals surface area contributed by atoms with Gasteiger partial charge in [0.15, 0.2) is 0 Å². The first-order valence-electron chi connectivity index (χ1n) is 10.5. The minimum Gasteiger partial charge on any atom is -0.497 e. The molecule has 6 nitrogen and oxygen atoms in total. The van der Waals surface area contributed by atoms with Gasteiger partial charge in [-0.1, -0.05) is 24.3 Å². The van der Waals surface area contributed by atoms with Gasteiger partial charge in [0, 0.05) is 23.8 Å². The molecule has 0 radical (unpaired) electrons. The van der Waals surface area contributed by atoms with Crippen molar-refractivity contribution < 1.29 is 9.53 Å². The monoisotopic (exact) mass is 404 g/mol. The molecule has 1 fully saturated rings. The van der Waals surface area contributed by atoms with Gasteiger partial charge in [-0.3, -0.25) is 4.79 Å². The smallest absolute Gasteiger partial charge is 0.253 e. The Kier molecular flexibility index (Phi) is 6.44. The molecule has 0 spiro atoms. The maximum absolute atomic E-state index is 12.8. The zero-order valence-electron chi connectivity index (χ0n) is 17.4. The van der Waals surface area contributed by atoms with Crippen LogP contribution in [0.5, 0.6) is 5.75 Å². The van der Waals surface area contributed by atoms with Gasteiger partial charge in [0.2, 0.25) is 0 Å². The van der Waals surface area contributed by atoms with E-state index in [0.717, 1.165) is 41.0 Å². The van der Waals surface area contributed by atoms with Gasteiger partial charge in [0.1, 0.15) is 11.6 Å². The van der Waals surface area contributed by atoms with E-state index >= 15 is 0 Å². The minimum atomic E-state index is -0.0730. The van der Waals surface area contributed by atoms with Gasteiger partial charge < -0.3 is 20.3 Å². The second kappa shape index (κ2) is 9.59. The fourth-order valence-electron chi connectivity index (χ4n) is 3.89. The number of carbonyl (C=O) groups is 1. The molecule has 0 saturated carbocycles. The number of aromatic nitrogens is 1. The summed E-state index contributed by atoms with van der Waals surface area (Å²) < 4.78 is 5.21. The lowest BCUT2D eigenvalue weighted by Gasteiger charge is -2.15. The lowest BCUT2D eigenvalue weighted by molar-refractivity contribution is 0.0953. The summed E-state index contributed by atoms with van der Waals surface area (Å²) >= 11 is 0. The first-order chi connectivity index (χ1) is 14.7. The number of methoxy groups -OCH3 is 1. The highest BCUT2D eigenvalue weighted by Gasteiger charge is 2.14. The standard InChI is InChI=1S/C24H28N4O2/c1-30-19-11-9-18(10-12-19)27-23-21-8-3-2-7-20(21)22(17-26-23)24(29)25-13-6-16-28-14-4-5-15-28/h2-3,7-12,17H,4-6,13-16H2,1H3,(H,25,29)(H,26,27). The van der Waals surface area contributed by atoms with Crippen molar-refractivity contribution in [3.63, 3.8) is 0 Å². The Morgan fingerprint density at radius 3 is 2.53 bits per heavy atom. The van der Waals surface area contributed by atoms with Crippen LogP contribution < -0.4 is 15.4 Å². The maximum atomic E-state index is 12.8. The van der Waals surface area contributed by atoms with Crippen molar-refractivity contribution in [2.75, 3.05) is 38.6 Å². The number of pyridine rings is 1. The molecular formula is C24H28N4O2. The van der Waals surface area contributed by atoms with Crippen molar-refractivity contribution in [2.24, 2.45) is 0 Å². The number of hydrogen-bond donors (Lipinski definition) is 2. The molecule has 1 aliphatic heterocycles. The summed E-state index contributed by atoms with van der Waals surface area (Å²) in [5.41, 5.74) is 1.51. The molecule has 0 atom stereocenters. The van der Waals surface area contributed by atoms with E-state index in [-0.39, 0.29) is 5.91 Å². The Hall–Kier alpha value is -3.12. The SMILES string of the molecule is COc1ccc(Nc2ncc(C(=O)NCCCN3CCCC3)c3ccccc23)cc1. The third-order valence-electron chi connectivity index (χ3n) is 5.53.